The smallest absolute Gasteiger partial charge is 0.390 e. The molecule has 0 heterocycles. The molecule has 2 nitrogen and oxygen atoms in total. The van der Waals surface area contributed by atoms with E-state index >= 15 is 0 Å². The van der Waals surface area contributed by atoms with Gasteiger partial charge in [-0.15, -0.1) is 0 Å². The van der Waals surface area contributed by atoms with Crippen molar-refractivity contribution in [2.75, 3.05) is 13.2 Å². The Kier molecular flexibility index (Phi) is 5.41. The highest BCUT2D eigenvalue weighted by Gasteiger charge is 2.26. The van der Waals surface area contributed by atoms with Crippen LogP contribution in [0.3, 0.4) is 0 Å². The Morgan fingerprint density at radius 3 is 2.28 bits per heavy atom. The van der Waals surface area contributed by atoms with Gasteiger partial charge in [-0.05, 0) is 43.4 Å². The first-order chi connectivity index (χ1) is 8.86. The fourth-order valence-corrected chi connectivity index (χ4v) is 4.41. The Bertz CT molecular complexity index is 355. The highest BCUT2D eigenvalue weighted by atomic mass is 28.3. The van der Waals surface area contributed by atoms with Crippen LogP contribution in [-0.4, -0.2) is 22.5 Å². The van der Waals surface area contributed by atoms with Crippen molar-refractivity contribution in [2.24, 2.45) is 0 Å². The predicted molar refractivity (Wildman–Crippen MR) is 76.3 cm³/mol. The normalized spacial score (nSPS) is 16.6. The molecule has 99 valence electrons. The zero-order valence-electron chi connectivity index (χ0n) is 11.4. The van der Waals surface area contributed by atoms with E-state index in [2.05, 4.69) is 24.3 Å². The van der Waals surface area contributed by atoms with Gasteiger partial charge >= 0.3 is 9.28 Å². The topological polar surface area (TPSA) is 18.5 Å². The first-order valence-electron chi connectivity index (χ1n) is 7.08. The molecular formula is C15H23O2Si. The van der Waals surface area contributed by atoms with Crippen molar-refractivity contribution in [1.82, 2.24) is 0 Å². The molecule has 0 amide bonds. The van der Waals surface area contributed by atoms with E-state index in [-0.39, 0.29) is 0 Å². The monoisotopic (exact) mass is 263 g/mol. The molecule has 3 heteroatoms. The molecule has 0 saturated heterocycles. The number of rotatable bonds is 6. The van der Waals surface area contributed by atoms with E-state index in [1.165, 1.54) is 36.4 Å². The van der Waals surface area contributed by atoms with Crippen LogP contribution in [0.5, 0.6) is 0 Å². The minimum atomic E-state index is -1.29. The van der Waals surface area contributed by atoms with Gasteiger partial charge in [0.25, 0.3) is 0 Å². The minimum absolute atomic E-state index is 0.724. The summed E-state index contributed by atoms with van der Waals surface area (Å²) in [6.45, 7) is 5.55. The predicted octanol–water partition coefficient (Wildman–Crippen LogP) is 3.11. The van der Waals surface area contributed by atoms with Gasteiger partial charge in [0.2, 0.25) is 0 Å². The molecule has 1 aliphatic carbocycles. The van der Waals surface area contributed by atoms with E-state index in [9.17, 15) is 0 Å². The van der Waals surface area contributed by atoms with E-state index < -0.39 is 9.28 Å². The van der Waals surface area contributed by atoms with Crippen molar-refractivity contribution >= 4 is 14.5 Å². The van der Waals surface area contributed by atoms with Gasteiger partial charge in [-0.2, -0.15) is 0 Å². The maximum atomic E-state index is 5.85. The molecule has 1 aliphatic rings. The Hall–Kier alpha value is -0.643. The van der Waals surface area contributed by atoms with Crippen LogP contribution in [0.2, 0.25) is 0 Å². The lowest BCUT2D eigenvalue weighted by Gasteiger charge is -2.20. The molecule has 0 N–H and O–H groups in total. The molecule has 0 atom stereocenters. The van der Waals surface area contributed by atoms with E-state index in [0.29, 0.717) is 0 Å². The van der Waals surface area contributed by atoms with Gasteiger partial charge in [0, 0.05) is 13.2 Å². The molecule has 1 aromatic carbocycles. The summed E-state index contributed by atoms with van der Waals surface area (Å²) < 4.78 is 11.7. The van der Waals surface area contributed by atoms with Gasteiger partial charge in [0.05, 0.1) is 0 Å². The second kappa shape index (κ2) is 7.07. The molecule has 0 aliphatic heterocycles. The third-order valence-electron chi connectivity index (χ3n) is 3.53. The summed E-state index contributed by atoms with van der Waals surface area (Å²) in [5, 5.41) is 1.33. The molecule has 1 saturated carbocycles. The summed E-state index contributed by atoms with van der Waals surface area (Å²) in [7, 11) is -1.29. The second-order valence-electron chi connectivity index (χ2n) is 4.72. The lowest BCUT2D eigenvalue weighted by Crippen LogP contribution is -2.39. The van der Waals surface area contributed by atoms with Crippen molar-refractivity contribution in [3.8, 4) is 0 Å². The Labute approximate surface area is 112 Å². The van der Waals surface area contributed by atoms with Crippen LogP contribution in [-0.2, 0) is 8.85 Å². The molecule has 0 bridgehead atoms. The van der Waals surface area contributed by atoms with Crippen LogP contribution in [0.1, 0.15) is 51.0 Å². The molecule has 0 aromatic heterocycles. The molecule has 0 unspecified atom stereocenters. The van der Waals surface area contributed by atoms with Gasteiger partial charge in [0.15, 0.2) is 0 Å². The third kappa shape index (κ3) is 3.22. The lowest BCUT2D eigenvalue weighted by atomic mass is 9.98. The van der Waals surface area contributed by atoms with Crippen LogP contribution >= 0.6 is 0 Å². The summed E-state index contributed by atoms with van der Waals surface area (Å²) in [6, 6.07) is 8.73. The molecule has 1 aromatic rings. The average Bonchev–Trinajstić information content (AvgIpc) is 2.92. The van der Waals surface area contributed by atoms with Crippen LogP contribution in [0.25, 0.3) is 0 Å². The van der Waals surface area contributed by atoms with Crippen LogP contribution < -0.4 is 5.19 Å². The van der Waals surface area contributed by atoms with Crippen molar-refractivity contribution < 1.29 is 8.85 Å². The van der Waals surface area contributed by atoms with E-state index in [0.717, 1.165) is 19.1 Å². The number of hydrogen-bond acceptors (Lipinski definition) is 2. The Morgan fingerprint density at radius 1 is 1.06 bits per heavy atom. The Balaban J connectivity index is 2.23. The second-order valence-corrected chi connectivity index (χ2v) is 6.41. The highest BCUT2D eigenvalue weighted by molar-refractivity contribution is 6.61. The fraction of sp³-hybridized carbons (Fsp3) is 0.600. The fourth-order valence-electron chi connectivity index (χ4n) is 2.74. The SMILES string of the molecule is CCO[Si](OCC)c1ccccc1C1CCCC1. The van der Waals surface area contributed by atoms with Gasteiger partial charge in [-0.3, -0.25) is 0 Å². The van der Waals surface area contributed by atoms with Gasteiger partial charge in [0.1, 0.15) is 0 Å². The summed E-state index contributed by atoms with van der Waals surface area (Å²) in [5.41, 5.74) is 1.48. The zero-order chi connectivity index (χ0) is 12.8. The summed E-state index contributed by atoms with van der Waals surface area (Å²) in [6.07, 6.45) is 5.38. The first-order valence-corrected chi connectivity index (χ1v) is 8.40. The standard InChI is InChI=1S/C15H23O2Si/c1-3-16-18(17-4-2)15-12-8-7-11-14(15)13-9-5-6-10-13/h7-8,11-13H,3-6,9-10H2,1-2H3. The van der Waals surface area contributed by atoms with Crippen molar-refractivity contribution in [3.63, 3.8) is 0 Å². The van der Waals surface area contributed by atoms with Crippen molar-refractivity contribution in [2.45, 2.75) is 45.4 Å². The van der Waals surface area contributed by atoms with Crippen molar-refractivity contribution in [3.05, 3.63) is 29.8 Å². The quantitative estimate of drug-likeness (QED) is 0.734. The number of benzene rings is 1. The minimum Gasteiger partial charge on any atom is -0.390 e. The average molecular weight is 263 g/mol. The lowest BCUT2D eigenvalue weighted by molar-refractivity contribution is 0.225. The summed E-state index contributed by atoms with van der Waals surface area (Å²) >= 11 is 0. The van der Waals surface area contributed by atoms with Crippen LogP contribution in [0, 0.1) is 0 Å². The Morgan fingerprint density at radius 2 is 1.67 bits per heavy atom. The molecular weight excluding hydrogens is 240 g/mol. The first kappa shape index (κ1) is 13.8. The molecule has 18 heavy (non-hydrogen) atoms. The maximum Gasteiger partial charge on any atom is 0.423 e. The molecule has 1 fully saturated rings. The van der Waals surface area contributed by atoms with Gasteiger partial charge in [-0.1, -0.05) is 37.1 Å². The molecule has 0 spiro atoms. The summed E-state index contributed by atoms with van der Waals surface area (Å²) in [5.74, 6) is 0.724. The zero-order valence-corrected chi connectivity index (χ0v) is 12.4. The van der Waals surface area contributed by atoms with Gasteiger partial charge < -0.3 is 8.85 Å². The van der Waals surface area contributed by atoms with E-state index in [1.54, 1.807) is 0 Å². The molecule has 1 radical (unpaired) electrons. The molecule has 2 rings (SSSR count). The third-order valence-corrected chi connectivity index (χ3v) is 5.52. The van der Waals surface area contributed by atoms with Crippen molar-refractivity contribution in [1.29, 1.82) is 0 Å². The maximum absolute atomic E-state index is 5.85. The number of hydrogen-bond donors (Lipinski definition) is 0. The van der Waals surface area contributed by atoms with E-state index in [4.69, 9.17) is 8.85 Å². The van der Waals surface area contributed by atoms with Crippen LogP contribution in [0.4, 0.5) is 0 Å². The van der Waals surface area contributed by atoms with Crippen LogP contribution in [0.15, 0.2) is 24.3 Å². The summed E-state index contributed by atoms with van der Waals surface area (Å²) in [4.78, 5) is 0. The van der Waals surface area contributed by atoms with Gasteiger partial charge in [-0.25, -0.2) is 0 Å². The highest BCUT2D eigenvalue weighted by Crippen LogP contribution is 2.33. The van der Waals surface area contributed by atoms with E-state index in [1.807, 2.05) is 13.8 Å². The largest absolute Gasteiger partial charge is 0.423 e.